The summed E-state index contributed by atoms with van der Waals surface area (Å²) in [4.78, 5) is 29.8. The van der Waals surface area contributed by atoms with E-state index >= 15 is 0 Å². The number of carbonyl (C=O) groups excluding carboxylic acids is 2. The van der Waals surface area contributed by atoms with Crippen LogP contribution in [0, 0.1) is 12.7 Å². The van der Waals surface area contributed by atoms with Crippen molar-refractivity contribution in [1.29, 1.82) is 0 Å². The molecule has 2 amide bonds. The second kappa shape index (κ2) is 12.2. The van der Waals surface area contributed by atoms with Crippen molar-refractivity contribution >= 4 is 34.5 Å². The highest BCUT2D eigenvalue weighted by Crippen LogP contribution is 2.42. The summed E-state index contributed by atoms with van der Waals surface area (Å²) in [6.45, 7) is 8.40. The van der Waals surface area contributed by atoms with E-state index in [2.05, 4.69) is 31.2 Å². The van der Waals surface area contributed by atoms with Crippen LogP contribution in [0.3, 0.4) is 0 Å². The molecule has 0 saturated carbocycles. The van der Waals surface area contributed by atoms with E-state index in [1.807, 2.05) is 53.2 Å². The Balaban J connectivity index is 1.36. The van der Waals surface area contributed by atoms with Gasteiger partial charge < -0.3 is 16.0 Å². The average Bonchev–Trinajstić information content (AvgIpc) is 3.60. The molecule has 0 bridgehead atoms. The minimum Gasteiger partial charge on any atom is -0.394 e. The van der Waals surface area contributed by atoms with Crippen LogP contribution in [-0.2, 0) is 11.2 Å². The number of halogens is 1. The quantitative estimate of drug-likeness (QED) is 0.181. The summed E-state index contributed by atoms with van der Waals surface area (Å²) in [5.74, 6) is -1.03. The van der Waals surface area contributed by atoms with Crippen LogP contribution in [-0.4, -0.2) is 28.1 Å². The molecular weight excluding hydrogens is 549 g/mol. The minimum absolute atomic E-state index is 0.0950. The predicted molar refractivity (Wildman–Crippen MR) is 167 cm³/mol. The average molecular weight is 584 g/mol. The molecule has 5 rings (SSSR count). The summed E-state index contributed by atoms with van der Waals surface area (Å²) < 4.78 is 16.3. The first kappa shape index (κ1) is 29.0. The Morgan fingerprint density at radius 3 is 2.67 bits per heavy atom. The minimum atomic E-state index is -0.474. The summed E-state index contributed by atoms with van der Waals surface area (Å²) in [6, 6.07) is 16.4. The van der Waals surface area contributed by atoms with Crippen LogP contribution in [0.5, 0.6) is 0 Å². The lowest BCUT2D eigenvalue weighted by molar-refractivity contribution is -0.115. The van der Waals surface area contributed by atoms with Crippen LogP contribution in [0.25, 0.3) is 10.4 Å². The van der Waals surface area contributed by atoms with Gasteiger partial charge in [0.25, 0.3) is 11.8 Å². The van der Waals surface area contributed by atoms with E-state index in [-0.39, 0.29) is 35.2 Å². The van der Waals surface area contributed by atoms with Crippen LogP contribution >= 0.6 is 11.3 Å². The smallest absolute Gasteiger partial charge is 0.274 e. The number of nitrogens with one attached hydrogen (secondary N) is 1. The zero-order valence-corrected chi connectivity index (χ0v) is 24.9. The third-order valence-electron chi connectivity index (χ3n) is 7.36. The normalized spacial score (nSPS) is 14.0. The number of anilines is 2. The fraction of sp³-hybridized carbons (Fsp3) is 0.242. The lowest BCUT2D eigenvalue weighted by Crippen LogP contribution is -2.35. The zero-order valence-electron chi connectivity index (χ0n) is 24.1. The molecule has 42 heavy (non-hydrogen) atoms. The number of rotatable bonds is 7. The first-order chi connectivity index (χ1) is 20.2. The summed E-state index contributed by atoms with van der Waals surface area (Å²) >= 11 is 1.33. The number of benzene rings is 2. The standard InChI is InChI=1S/C33H34FN5O2S/c1-20(2)39-27(15-17-36-39)21(3)9-8-13-26(35)33(41)38-18-16-23-19-29(42-31(23)24-11-5-6-14-28(24)38)32(40)37-30-22(4)10-7-12-25(30)34/h5-15,17,19-21H,16,18,35H2,1-4H3,(H,37,40)/b9-8-,26-13-. The molecule has 0 fully saturated rings. The van der Waals surface area contributed by atoms with E-state index in [1.54, 1.807) is 36.2 Å². The summed E-state index contributed by atoms with van der Waals surface area (Å²) in [5, 5.41) is 7.13. The molecule has 1 aliphatic rings. The number of nitrogens with two attached hydrogens (primary N) is 1. The van der Waals surface area contributed by atoms with E-state index in [0.717, 1.165) is 27.4 Å². The molecule has 0 aliphatic carbocycles. The molecule has 2 aromatic carbocycles. The Hall–Kier alpha value is -4.50. The third kappa shape index (κ3) is 5.78. The monoisotopic (exact) mass is 583 g/mol. The van der Waals surface area contributed by atoms with E-state index in [9.17, 15) is 14.0 Å². The van der Waals surface area contributed by atoms with Crippen molar-refractivity contribution in [2.24, 2.45) is 5.73 Å². The maximum Gasteiger partial charge on any atom is 0.274 e. The molecule has 3 heterocycles. The van der Waals surface area contributed by atoms with Gasteiger partial charge in [-0.05, 0) is 68.7 Å². The van der Waals surface area contributed by atoms with Gasteiger partial charge in [0.15, 0.2) is 0 Å². The number of para-hydroxylation sites is 2. The molecule has 2 aromatic heterocycles. The topological polar surface area (TPSA) is 93.2 Å². The van der Waals surface area contributed by atoms with E-state index in [4.69, 9.17) is 5.73 Å². The van der Waals surface area contributed by atoms with Crippen molar-refractivity contribution in [3.63, 3.8) is 0 Å². The van der Waals surface area contributed by atoms with Crippen LogP contribution in [0.4, 0.5) is 15.8 Å². The number of fused-ring (bicyclic) bond motifs is 3. The molecule has 1 atom stereocenters. The number of aromatic nitrogens is 2. The van der Waals surface area contributed by atoms with Gasteiger partial charge in [-0.3, -0.25) is 14.3 Å². The van der Waals surface area contributed by atoms with Crippen molar-refractivity contribution in [3.8, 4) is 10.4 Å². The maximum absolute atomic E-state index is 14.3. The van der Waals surface area contributed by atoms with Crippen molar-refractivity contribution in [2.45, 2.75) is 46.1 Å². The third-order valence-corrected chi connectivity index (χ3v) is 8.57. The lowest BCUT2D eigenvalue weighted by atomic mass is 10.1. The Morgan fingerprint density at radius 1 is 1.12 bits per heavy atom. The Bertz CT molecular complexity index is 1680. The van der Waals surface area contributed by atoms with Gasteiger partial charge in [0.05, 0.1) is 21.9 Å². The van der Waals surface area contributed by atoms with E-state index < -0.39 is 5.82 Å². The van der Waals surface area contributed by atoms with Crippen LogP contribution < -0.4 is 16.0 Å². The number of carbonyl (C=O) groups is 2. The van der Waals surface area contributed by atoms with Crippen LogP contribution in [0.2, 0.25) is 0 Å². The molecule has 7 nitrogen and oxygen atoms in total. The number of thiophene rings is 1. The SMILES string of the molecule is Cc1cccc(F)c1NC(=O)c1cc2c(s1)-c1ccccc1N(C(=O)/C(N)=C/C=C\C(C)c1ccnn1C(C)C)CC2. The van der Waals surface area contributed by atoms with Gasteiger partial charge in [-0.1, -0.05) is 49.4 Å². The summed E-state index contributed by atoms with van der Waals surface area (Å²) in [7, 11) is 0. The summed E-state index contributed by atoms with van der Waals surface area (Å²) in [6.07, 6.45) is 7.79. The second-order valence-corrected chi connectivity index (χ2v) is 11.7. The Kier molecular flexibility index (Phi) is 8.40. The van der Waals surface area contributed by atoms with Crippen molar-refractivity contribution < 1.29 is 14.0 Å². The number of amides is 2. The lowest BCUT2D eigenvalue weighted by Gasteiger charge is -2.23. The molecule has 9 heteroatoms. The van der Waals surface area contributed by atoms with E-state index in [0.29, 0.717) is 23.4 Å². The first-order valence-electron chi connectivity index (χ1n) is 13.9. The van der Waals surface area contributed by atoms with Gasteiger partial charge in [0.1, 0.15) is 5.82 Å². The van der Waals surface area contributed by atoms with Crippen LogP contribution in [0.15, 0.2) is 84.7 Å². The highest BCUT2D eigenvalue weighted by Gasteiger charge is 2.28. The molecule has 216 valence electrons. The molecule has 0 saturated heterocycles. The number of hydrogen-bond donors (Lipinski definition) is 2. The number of hydrogen-bond acceptors (Lipinski definition) is 5. The molecule has 0 radical (unpaired) electrons. The van der Waals surface area contributed by atoms with Crippen LogP contribution in [0.1, 0.15) is 59.2 Å². The molecule has 1 unspecified atom stereocenters. The van der Waals surface area contributed by atoms with Gasteiger partial charge >= 0.3 is 0 Å². The largest absolute Gasteiger partial charge is 0.394 e. The van der Waals surface area contributed by atoms with Gasteiger partial charge in [-0.25, -0.2) is 4.39 Å². The van der Waals surface area contributed by atoms with Crippen molar-refractivity contribution in [3.05, 3.63) is 112 Å². The van der Waals surface area contributed by atoms with Gasteiger partial charge in [-0.2, -0.15) is 5.10 Å². The highest BCUT2D eigenvalue weighted by atomic mass is 32.1. The molecule has 3 N–H and O–H groups in total. The summed E-state index contributed by atoms with van der Waals surface area (Å²) in [5.41, 5.74) is 10.9. The van der Waals surface area contributed by atoms with Gasteiger partial charge in [-0.15, -0.1) is 11.3 Å². The first-order valence-corrected chi connectivity index (χ1v) is 14.7. The molecular formula is C33H34FN5O2S. The highest BCUT2D eigenvalue weighted by molar-refractivity contribution is 7.17. The number of allylic oxidation sites excluding steroid dienone is 3. The fourth-order valence-corrected chi connectivity index (χ4v) is 6.29. The second-order valence-electron chi connectivity index (χ2n) is 10.7. The molecule has 1 aliphatic heterocycles. The Morgan fingerprint density at radius 2 is 1.90 bits per heavy atom. The van der Waals surface area contributed by atoms with Gasteiger partial charge in [0, 0.05) is 40.8 Å². The number of aryl methyl sites for hydroxylation is 1. The number of nitrogens with zero attached hydrogens (tertiary/aromatic N) is 3. The zero-order chi connectivity index (χ0) is 30.0. The fourth-order valence-electron chi connectivity index (χ4n) is 5.15. The van der Waals surface area contributed by atoms with Crippen molar-refractivity contribution in [2.75, 3.05) is 16.8 Å². The maximum atomic E-state index is 14.3. The Labute approximate surface area is 249 Å². The predicted octanol–water partition coefficient (Wildman–Crippen LogP) is 6.98. The van der Waals surface area contributed by atoms with E-state index in [1.165, 1.54) is 17.4 Å². The van der Waals surface area contributed by atoms with Crippen molar-refractivity contribution in [1.82, 2.24) is 9.78 Å². The molecule has 4 aromatic rings. The molecule has 0 spiro atoms. The van der Waals surface area contributed by atoms with Gasteiger partial charge in [0.2, 0.25) is 0 Å².